The van der Waals surface area contributed by atoms with Crippen molar-refractivity contribution in [1.82, 2.24) is 5.32 Å². The van der Waals surface area contributed by atoms with Gasteiger partial charge in [-0.25, -0.2) is 9.59 Å². The molecule has 5 nitrogen and oxygen atoms in total. The molecule has 0 radical (unpaired) electrons. The van der Waals surface area contributed by atoms with Crippen LogP contribution in [0.5, 0.6) is 0 Å². The first-order valence-corrected chi connectivity index (χ1v) is 4.45. The second kappa shape index (κ2) is 4.00. The molecule has 1 unspecified atom stereocenters. The molecule has 1 aromatic rings. The van der Waals surface area contributed by atoms with E-state index in [9.17, 15) is 9.59 Å². The van der Waals surface area contributed by atoms with E-state index in [1.165, 1.54) is 0 Å². The Hall–Kier alpha value is -2.04. The van der Waals surface area contributed by atoms with E-state index in [2.05, 4.69) is 10.1 Å². The van der Waals surface area contributed by atoms with Crippen molar-refractivity contribution >= 4 is 12.1 Å². The maximum Gasteiger partial charge on any atom is 0.410 e. The molecule has 0 bridgehead atoms. The van der Waals surface area contributed by atoms with Crippen LogP contribution in [0.4, 0.5) is 4.79 Å². The third-order valence-electron chi connectivity index (χ3n) is 1.90. The summed E-state index contributed by atoms with van der Waals surface area (Å²) in [6.07, 6.45) is -1.26. The summed E-state index contributed by atoms with van der Waals surface area (Å²) in [5.74, 6) is -0.480. The van der Waals surface area contributed by atoms with Gasteiger partial charge in [-0.2, -0.15) is 0 Å². The smallest absolute Gasteiger partial charge is 0.410 e. The van der Waals surface area contributed by atoms with Gasteiger partial charge in [-0.1, -0.05) is 18.2 Å². The minimum absolute atomic E-state index is 0.0530. The topological polar surface area (TPSA) is 64.6 Å². The zero-order valence-corrected chi connectivity index (χ0v) is 7.80. The number of amides is 1. The van der Waals surface area contributed by atoms with Crippen LogP contribution in [0.3, 0.4) is 0 Å². The first-order valence-electron chi connectivity index (χ1n) is 4.45. The van der Waals surface area contributed by atoms with Crippen molar-refractivity contribution in [3.63, 3.8) is 0 Å². The van der Waals surface area contributed by atoms with Gasteiger partial charge in [0.25, 0.3) is 0 Å². The van der Waals surface area contributed by atoms with E-state index in [0.29, 0.717) is 5.56 Å². The Balaban J connectivity index is 1.96. The van der Waals surface area contributed by atoms with Gasteiger partial charge in [-0.15, -0.1) is 0 Å². The average molecular weight is 207 g/mol. The van der Waals surface area contributed by atoms with Crippen LogP contribution < -0.4 is 5.32 Å². The zero-order valence-electron chi connectivity index (χ0n) is 7.80. The quantitative estimate of drug-likeness (QED) is 0.732. The van der Waals surface area contributed by atoms with Gasteiger partial charge in [-0.05, 0) is 12.1 Å². The van der Waals surface area contributed by atoms with Crippen LogP contribution >= 0.6 is 0 Å². The van der Waals surface area contributed by atoms with Gasteiger partial charge in [0, 0.05) is 0 Å². The summed E-state index contributed by atoms with van der Waals surface area (Å²) >= 11 is 0. The van der Waals surface area contributed by atoms with E-state index >= 15 is 0 Å². The summed E-state index contributed by atoms with van der Waals surface area (Å²) < 4.78 is 9.55. The van der Waals surface area contributed by atoms with Gasteiger partial charge in [0.2, 0.25) is 6.23 Å². The molecule has 1 fully saturated rings. The fraction of sp³-hybridized carbons (Fsp3) is 0.200. The molecule has 2 rings (SSSR count). The number of carbonyl (C=O) groups is 2. The lowest BCUT2D eigenvalue weighted by Gasteiger charge is -2.08. The summed E-state index contributed by atoms with van der Waals surface area (Å²) in [5, 5.41) is 2.35. The van der Waals surface area contributed by atoms with Gasteiger partial charge >= 0.3 is 12.1 Å². The molecule has 1 aromatic carbocycles. The second-order valence-corrected chi connectivity index (χ2v) is 3.00. The van der Waals surface area contributed by atoms with E-state index in [-0.39, 0.29) is 6.61 Å². The molecule has 1 N–H and O–H groups in total. The van der Waals surface area contributed by atoms with E-state index in [0.717, 1.165) is 0 Å². The number of ether oxygens (including phenoxy) is 2. The van der Waals surface area contributed by atoms with E-state index in [4.69, 9.17) is 4.74 Å². The molecule has 15 heavy (non-hydrogen) atoms. The third-order valence-corrected chi connectivity index (χ3v) is 1.90. The molecule has 1 aliphatic heterocycles. The number of esters is 1. The first-order chi connectivity index (χ1) is 7.25. The molecule has 0 saturated carbocycles. The Kier molecular flexibility index (Phi) is 2.53. The summed E-state index contributed by atoms with van der Waals surface area (Å²) in [6, 6.07) is 8.55. The average Bonchev–Trinajstić information content (AvgIpc) is 2.65. The number of cyclic esters (lactones) is 1. The van der Waals surface area contributed by atoms with Crippen molar-refractivity contribution in [2.45, 2.75) is 6.23 Å². The number of alkyl carbamates (subject to hydrolysis) is 1. The summed E-state index contributed by atoms with van der Waals surface area (Å²) in [6.45, 7) is 0.0530. The van der Waals surface area contributed by atoms with E-state index in [1.54, 1.807) is 30.3 Å². The van der Waals surface area contributed by atoms with Crippen molar-refractivity contribution < 1.29 is 19.1 Å². The minimum atomic E-state index is -0.690. The van der Waals surface area contributed by atoms with Crippen molar-refractivity contribution in [3.8, 4) is 0 Å². The van der Waals surface area contributed by atoms with E-state index in [1.807, 2.05) is 0 Å². The van der Waals surface area contributed by atoms with Crippen molar-refractivity contribution in [1.29, 1.82) is 0 Å². The van der Waals surface area contributed by atoms with Crippen LogP contribution in [0.25, 0.3) is 0 Å². The highest BCUT2D eigenvalue weighted by molar-refractivity contribution is 5.89. The van der Waals surface area contributed by atoms with Gasteiger partial charge < -0.3 is 9.47 Å². The molecular weight excluding hydrogens is 198 g/mol. The standard InChI is InChI=1S/C10H9NO4/c12-9(7-4-2-1-3-5-7)15-8-6-14-10(13)11-8/h1-5,8H,6H2,(H,11,13). The summed E-state index contributed by atoms with van der Waals surface area (Å²) in [5.41, 5.74) is 0.443. The maximum absolute atomic E-state index is 11.5. The molecule has 0 aromatic heterocycles. The number of hydrogen-bond donors (Lipinski definition) is 1. The van der Waals surface area contributed by atoms with Gasteiger partial charge in [0.1, 0.15) is 6.61 Å². The van der Waals surface area contributed by atoms with Crippen molar-refractivity contribution in [3.05, 3.63) is 35.9 Å². The van der Waals surface area contributed by atoms with Crippen molar-refractivity contribution in [2.75, 3.05) is 6.61 Å². The van der Waals surface area contributed by atoms with Gasteiger partial charge in [0.05, 0.1) is 5.56 Å². The normalized spacial score (nSPS) is 19.2. The van der Waals surface area contributed by atoms with Crippen LogP contribution in [-0.4, -0.2) is 24.9 Å². The Labute approximate surface area is 86.0 Å². The third kappa shape index (κ3) is 2.25. The minimum Gasteiger partial charge on any atom is -0.443 e. The van der Waals surface area contributed by atoms with Crippen LogP contribution in [0, 0.1) is 0 Å². The lowest BCUT2D eigenvalue weighted by molar-refractivity contribution is 0.0237. The molecule has 0 aliphatic carbocycles. The number of hydrogen-bond acceptors (Lipinski definition) is 4. The Bertz CT molecular complexity index is 376. The maximum atomic E-state index is 11.5. The Morgan fingerprint density at radius 2 is 2.13 bits per heavy atom. The molecule has 1 heterocycles. The van der Waals surface area contributed by atoms with Crippen LogP contribution in [0.1, 0.15) is 10.4 Å². The fourth-order valence-electron chi connectivity index (χ4n) is 1.20. The molecule has 0 spiro atoms. The van der Waals surface area contributed by atoms with Crippen LogP contribution in [-0.2, 0) is 9.47 Å². The predicted octanol–water partition coefficient (Wildman–Crippen LogP) is 0.909. The van der Waals surface area contributed by atoms with Gasteiger partial charge in [0.15, 0.2) is 0 Å². The number of benzene rings is 1. The second-order valence-electron chi connectivity index (χ2n) is 3.00. The molecule has 5 heteroatoms. The molecule has 1 aliphatic rings. The van der Waals surface area contributed by atoms with Crippen LogP contribution in [0.2, 0.25) is 0 Å². The molecule has 1 saturated heterocycles. The Morgan fingerprint density at radius 3 is 2.73 bits per heavy atom. The molecule has 1 amide bonds. The highest BCUT2D eigenvalue weighted by atomic mass is 16.6. The molecular formula is C10H9NO4. The Morgan fingerprint density at radius 1 is 1.40 bits per heavy atom. The zero-order chi connectivity index (χ0) is 10.7. The molecule has 78 valence electrons. The summed E-state index contributed by atoms with van der Waals surface area (Å²) in [7, 11) is 0. The monoisotopic (exact) mass is 207 g/mol. The van der Waals surface area contributed by atoms with Gasteiger partial charge in [-0.3, -0.25) is 5.32 Å². The first kappa shape index (κ1) is 9.51. The van der Waals surface area contributed by atoms with Crippen LogP contribution in [0.15, 0.2) is 30.3 Å². The fourth-order valence-corrected chi connectivity index (χ4v) is 1.20. The lowest BCUT2D eigenvalue weighted by atomic mass is 10.2. The SMILES string of the molecule is O=C1NC(OC(=O)c2ccccc2)CO1. The number of rotatable bonds is 2. The number of nitrogens with one attached hydrogen (secondary N) is 1. The highest BCUT2D eigenvalue weighted by Gasteiger charge is 2.25. The largest absolute Gasteiger partial charge is 0.443 e. The molecule has 1 atom stereocenters. The highest BCUT2D eigenvalue weighted by Crippen LogP contribution is 2.05. The van der Waals surface area contributed by atoms with Crippen molar-refractivity contribution in [2.24, 2.45) is 0 Å². The predicted molar refractivity (Wildman–Crippen MR) is 50.1 cm³/mol. The number of carbonyl (C=O) groups excluding carboxylic acids is 2. The summed E-state index contributed by atoms with van der Waals surface area (Å²) in [4.78, 5) is 22.1. The lowest BCUT2D eigenvalue weighted by Crippen LogP contribution is -2.31. The van der Waals surface area contributed by atoms with E-state index < -0.39 is 18.3 Å².